The van der Waals surface area contributed by atoms with Gasteiger partial charge >= 0.3 is 13.8 Å². The summed E-state index contributed by atoms with van der Waals surface area (Å²) in [6, 6.07) is 0. The van der Waals surface area contributed by atoms with Gasteiger partial charge in [0.25, 0.3) is 0 Å². The van der Waals surface area contributed by atoms with Crippen molar-refractivity contribution in [3.05, 3.63) is 24.3 Å². The Morgan fingerprint density at radius 3 is 1.90 bits per heavy atom. The molecule has 0 fully saturated rings. The van der Waals surface area contributed by atoms with Gasteiger partial charge in [0.05, 0.1) is 27.7 Å². The van der Waals surface area contributed by atoms with Crippen LogP contribution in [0.1, 0.15) is 110 Å². The zero-order valence-electron chi connectivity index (χ0n) is 25.4. The summed E-state index contributed by atoms with van der Waals surface area (Å²) in [6.45, 7) is 2.10. The molecule has 0 heterocycles. The molecule has 0 radical (unpaired) electrons. The Hall–Kier alpha value is -1.02. The Labute approximate surface area is 239 Å². The number of unbranched alkanes of at least 4 members (excludes halogenated alkanes) is 12. The van der Waals surface area contributed by atoms with E-state index in [-0.39, 0.29) is 19.2 Å². The average molecular weight is 577 g/mol. The van der Waals surface area contributed by atoms with Crippen LogP contribution >= 0.6 is 7.82 Å². The molecular weight excluding hydrogens is 517 g/mol. The number of aliphatic hydroxyl groups is 1. The summed E-state index contributed by atoms with van der Waals surface area (Å²) in [5.74, 6) is -0.377. The molecule has 0 spiro atoms. The minimum absolute atomic E-state index is 0.0535. The van der Waals surface area contributed by atoms with Gasteiger partial charge in [0, 0.05) is 6.42 Å². The molecule has 0 rings (SSSR count). The molecule has 230 valence electrons. The van der Waals surface area contributed by atoms with Crippen molar-refractivity contribution in [1.82, 2.24) is 0 Å². The number of aliphatic hydroxyl groups excluding tert-OH is 1. The Balaban J connectivity index is 3.53. The van der Waals surface area contributed by atoms with Crippen LogP contribution in [0.15, 0.2) is 24.3 Å². The zero-order valence-corrected chi connectivity index (χ0v) is 26.3. The molecule has 0 amide bonds. The zero-order chi connectivity index (χ0) is 29.2. The van der Waals surface area contributed by atoms with Crippen molar-refractivity contribution in [3.8, 4) is 0 Å². The van der Waals surface area contributed by atoms with Crippen molar-refractivity contribution in [2.75, 3.05) is 47.5 Å². The molecule has 0 aliphatic carbocycles. The highest BCUT2D eigenvalue weighted by Crippen LogP contribution is 2.43. The lowest BCUT2D eigenvalue weighted by Crippen LogP contribution is -2.37. The van der Waals surface area contributed by atoms with Crippen molar-refractivity contribution in [2.45, 2.75) is 116 Å². The van der Waals surface area contributed by atoms with Crippen LogP contribution in [-0.2, 0) is 23.1 Å². The summed E-state index contributed by atoms with van der Waals surface area (Å²) in [5.41, 5.74) is 0. The number of hydrogen-bond donors (Lipinski definition) is 2. The molecule has 39 heavy (non-hydrogen) atoms. The van der Waals surface area contributed by atoms with Crippen LogP contribution in [0.3, 0.4) is 0 Å². The van der Waals surface area contributed by atoms with Gasteiger partial charge in [-0.05, 0) is 38.5 Å². The first-order valence-electron chi connectivity index (χ1n) is 15.1. The van der Waals surface area contributed by atoms with E-state index in [0.29, 0.717) is 17.4 Å². The number of esters is 1. The Kier molecular flexibility index (Phi) is 24.1. The maximum atomic E-state index is 11.9. The fourth-order valence-electron chi connectivity index (χ4n) is 3.74. The van der Waals surface area contributed by atoms with E-state index in [2.05, 4.69) is 31.2 Å². The van der Waals surface area contributed by atoms with Gasteiger partial charge in [-0.3, -0.25) is 13.8 Å². The molecule has 2 atom stereocenters. The number of quaternary nitrogens is 1. The monoisotopic (exact) mass is 576 g/mol. The third-order valence-corrected chi connectivity index (χ3v) is 7.20. The molecule has 1 unspecified atom stereocenters. The van der Waals surface area contributed by atoms with Gasteiger partial charge < -0.3 is 19.2 Å². The summed E-state index contributed by atoms with van der Waals surface area (Å²) in [7, 11) is 1.56. The van der Waals surface area contributed by atoms with E-state index in [0.717, 1.165) is 25.7 Å². The molecule has 0 aromatic rings. The lowest BCUT2D eigenvalue weighted by molar-refractivity contribution is -0.870. The highest BCUT2D eigenvalue weighted by Gasteiger charge is 2.24. The van der Waals surface area contributed by atoms with Crippen molar-refractivity contribution in [3.63, 3.8) is 0 Å². The maximum Gasteiger partial charge on any atom is 0.472 e. The standard InChI is InChI=1S/C30H58NO7P/c1-5-6-7-8-9-10-11-12-13-14-15-16-17-18-19-20-21-22-23-24-30(33)36-27-29(32)28-38-39(34,35)37-26-25-31(2,3)4/h9-10,12-13,29,32H,5-8,11,14-28H2,1-4H3/p+1/b10-9-,13-12-/t29-/m1/s1. The van der Waals surface area contributed by atoms with E-state index < -0.39 is 20.5 Å². The normalized spacial score (nSPS) is 14.7. The van der Waals surface area contributed by atoms with Crippen molar-refractivity contribution >= 4 is 13.8 Å². The maximum absolute atomic E-state index is 11.9. The van der Waals surface area contributed by atoms with E-state index >= 15 is 0 Å². The molecule has 0 aromatic heterocycles. The summed E-state index contributed by atoms with van der Waals surface area (Å²) in [4.78, 5) is 21.5. The average Bonchev–Trinajstić information content (AvgIpc) is 2.86. The number of nitrogens with zero attached hydrogens (tertiary/aromatic N) is 1. The lowest BCUT2D eigenvalue weighted by Gasteiger charge is -2.24. The third kappa shape index (κ3) is 29.8. The summed E-state index contributed by atoms with van der Waals surface area (Å²) in [6.07, 6.45) is 26.1. The molecule has 0 bridgehead atoms. The number of rotatable bonds is 27. The highest BCUT2D eigenvalue weighted by atomic mass is 31.2. The molecule has 0 aliphatic heterocycles. The van der Waals surface area contributed by atoms with Gasteiger partial charge in [0.1, 0.15) is 25.9 Å². The number of ether oxygens (including phenoxy) is 1. The number of phosphoric ester groups is 1. The van der Waals surface area contributed by atoms with Gasteiger partial charge in [-0.2, -0.15) is 0 Å². The summed E-state index contributed by atoms with van der Waals surface area (Å²) >= 11 is 0. The first kappa shape index (κ1) is 38.0. The van der Waals surface area contributed by atoms with Crippen LogP contribution in [0.4, 0.5) is 0 Å². The second kappa shape index (κ2) is 24.8. The van der Waals surface area contributed by atoms with Crippen molar-refractivity contribution in [2.24, 2.45) is 0 Å². The second-order valence-corrected chi connectivity index (χ2v) is 12.8. The van der Waals surface area contributed by atoms with Gasteiger partial charge in [-0.1, -0.05) is 89.0 Å². The van der Waals surface area contributed by atoms with E-state index in [4.69, 9.17) is 13.8 Å². The molecule has 0 aromatic carbocycles. The van der Waals surface area contributed by atoms with Crippen molar-refractivity contribution in [1.29, 1.82) is 0 Å². The van der Waals surface area contributed by atoms with Gasteiger partial charge in [0.2, 0.25) is 0 Å². The number of allylic oxidation sites excluding steroid dienone is 4. The van der Waals surface area contributed by atoms with Gasteiger partial charge in [-0.25, -0.2) is 4.57 Å². The van der Waals surface area contributed by atoms with Crippen LogP contribution in [0.5, 0.6) is 0 Å². The molecule has 0 aliphatic rings. The van der Waals surface area contributed by atoms with Gasteiger partial charge in [-0.15, -0.1) is 0 Å². The van der Waals surface area contributed by atoms with Crippen LogP contribution in [0.25, 0.3) is 0 Å². The van der Waals surface area contributed by atoms with Crippen LogP contribution in [0.2, 0.25) is 0 Å². The van der Waals surface area contributed by atoms with Crippen LogP contribution in [-0.4, -0.2) is 74.1 Å². The fraction of sp³-hybridized carbons (Fsp3) is 0.833. The number of phosphoric acid groups is 1. The predicted molar refractivity (Wildman–Crippen MR) is 159 cm³/mol. The number of hydrogen-bond acceptors (Lipinski definition) is 6. The van der Waals surface area contributed by atoms with E-state index in [1.807, 2.05) is 21.1 Å². The van der Waals surface area contributed by atoms with E-state index in [1.54, 1.807) is 0 Å². The second-order valence-electron chi connectivity index (χ2n) is 11.3. The molecule has 8 nitrogen and oxygen atoms in total. The minimum atomic E-state index is -4.25. The predicted octanol–water partition coefficient (Wildman–Crippen LogP) is 7.10. The number of likely N-dealkylation sites (N-methyl/N-ethyl adjacent to an activating group) is 1. The molecule has 0 saturated carbocycles. The minimum Gasteiger partial charge on any atom is -0.463 e. The molecule has 0 saturated heterocycles. The lowest BCUT2D eigenvalue weighted by atomic mass is 10.1. The Bertz CT molecular complexity index is 691. The van der Waals surface area contributed by atoms with Gasteiger partial charge in [0.15, 0.2) is 0 Å². The molecule has 2 N–H and O–H groups in total. The SMILES string of the molecule is CCCCC/C=C\C/C=C\CCCCCCCCCCCC(=O)OC[C@@H](O)COP(=O)(O)OCC[N+](C)(C)C. The third-order valence-electron chi connectivity index (χ3n) is 6.21. The Morgan fingerprint density at radius 2 is 1.33 bits per heavy atom. The fourth-order valence-corrected chi connectivity index (χ4v) is 4.49. The largest absolute Gasteiger partial charge is 0.472 e. The quantitative estimate of drug-likeness (QED) is 0.0353. The summed E-state index contributed by atoms with van der Waals surface area (Å²) in [5, 5.41) is 9.85. The smallest absolute Gasteiger partial charge is 0.463 e. The molecular formula is C30H59NO7P+. The molecule has 9 heteroatoms. The first-order valence-corrected chi connectivity index (χ1v) is 16.6. The van der Waals surface area contributed by atoms with Crippen LogP contribution < -0.4 is 0 Å². The highest BCUT2D eigenvalue weighted by molar-refractivity contribution is 7.47. The topological polar surface area (TPSA) is 102 Å². The van der Waals surface area contributed by atoms with Crippen LogP contribution in [0, 0.1) is 0 Å². The number of carbonyl (C=O) groups is 1. The Morgan fingerprint density at radius 1 is 0.795 bits per heavy atom. The van der Waals surface area contributed by atoms with E-state index in [9.17, 15) is 19.4 Å². The van der Waals surface area contributed by atoms with E-state index in [1.165, 1.54) is 70.6 Å². The summed E-state index contributed by atoms with van der Waals surface area (Å²) < 4.78 is 27.1. The van der Waals surface area contributed by atoms with Crippen molar-refractivity contribution < 1.29 is 37.6 Å². The first-order chi connectivity index (χ1) is 18.6. The number of carbonyl (C=O) groups excluding carboxylic acids is 1.